The van der Waals surface area contributed by atoms with E-state index in [1.807, 2.05) is 18.2 Å². The van der Waals surface area contributed by atoms with E-state index in [1.54, 1.807) is 0 Å². The Bertz CT molecular complexity index is 361. The van der Waals surface area contributed by atoms with E-state index in [9.17, 15) is 9.90 Å². The molecule has 1 aliphatic rings. The average Bonchev–Trinajstić information content (AvgIpc) is 2.29. The lowest BCUT2D eigenvalue weighted by Gasteiger charge is -2.25. The van der Waals surface area contributed by atoms with Crippen molar-refractivity contribution in [1.82, 2.24) is 0 Å². The fourth-order valence-corrected chi connectivity index (χ4v) is 2.22. The summed E-state index contributed by atoms with van der Waals surface area (Å²) in [4.78, 5) is 11.1. The van der Waals surface area contributed by atoms with Gasteiger partial charge >= 0.3 is 5.97 Å². The van der Waals surface area contributed by atoms with E-state index in [0.29, 0.717) is 6.42 Å². The lowest BCUT2D eigenvalue weighted by Crippen LogP contribution is -2.32. The number of ether oxygens (including phenoxy) is 1. The van der Waals surface area contributed by atoms with Crippen LogP contribution in [0.15, 0.2) is 30.3 Å². The minimum atomic E-state index is -0.516. The fraction of sp³-hybridized carbons (Fsp3) is 0.500. The summed E-state index contributed by atoms with van der Waals surface area (Å²) < 4.78 is 5.20. The summed E-state index contributed by atoms with van der Waals surface area (Å²) in [6.45, 7) is 0. The number of benzene rings is 1. The van der Waals surface area contributed by atoms with Gasteiger partial charge in [-0.2, -0.15) is 0 Å². The molecule has 3 heteroatoms. The van der Waals surface area contributed by atoms with Gasteiger partial charge in [0.2, 0.25) is 0 Å². The molecule has 0 amide bonds. The largest absolute Gasteiger partial charge is 0.462 e. The second kappa shape index (κ2) is 5.82. The lowest BCUT2D eigenvalue weighted by molar-refractivity contribution is -0.160. The number of rotatable bonds is 4. The second-order valence-corrected chi connectivity index (χ2v) is 4.58. The van der Waals surface area contributed by atoms with Crippen LogP contribution in [0.25, 0.3) is 0 Å². The summed E-state index contributed by atoms with van der Waals surface area (Å²) in [5.41, 5.74) is 1.30. The van der Waals surface area contributed by atoms with Crippen LogP contribution in [0.2, 0.25) is 0 Å². The summed E-state index contributed by atoms with van der Waals surface area (Å²) in [6, 6.07) is 10.3. The van der Waals surface area contributed by atoms with Gasteiger partial charge < -0.3 is 9.84 Å². The van der Waals surface area contributed by atoms with Gasteiger partial charge in [0.1, 0.15) is 6.10 Å². The van der Waals surface area contributed by atoms with Gasteiger partial charge in [0.05, 0.1) is 12.5 Å². The van der Waals surface area contributed by atoms with Crippen molar-refractivity contribution in [2.24, 2.45) is 0 Å². The number of aryl methyl sites for hydroxylation is 1. The smallest absolute Gasteiger partial charge is 0.308 e. The van der Waals surface area contributed by atoms with Crippen molar-refractivity contribution in [3.63, 3.8) is 0 Å². The van der Waals surface area contributed by atoms with E-state index in [0.717, 1.165) is 19.3 Å². The van der Waals surface area contributed by atoms with Gasteiger partial charge in [-0.15, -0.1) is 0 Å². The SMILES string of the molecule is O=C1C[C@@H](O)C[C@H](CCCc2ccccc2)O1. The van der Waals surface area contributed by atoms with Gasteiger partial charge in [-0.05, 0) is 24.8 Å². The molecule has 1 N–H and O–H groups in total. The van der Waals surface area contributed by atoms with Crippen molar-refractivity contribution >= 4 is 5.97 Å². The maximum Gasteiger partial charge on any atom is 0.308 e. The highest BCUT2D eigenvalue weighted by Gasteiger charge is 2.26. The molecule has 1 heterocycles. The Hall–Kier alpha value is -1.35. The molecule has 2 atom stereocenters. The van der Waals surface area contributed by atoms with E-state index < -0.39 is 6.10 Å². The van der Waals surface area contributed by atoms with Crippen LogP contribution < -0.4 is 0 Å². The molecule has 17 heavy (non-hydrogen) atoms. The Balaban J connectivity index is 1.73. The topological polar surface area (TPSA) is 46.5 Å². The average molecular weight is 234 g/mol. The predicted octanol–water partition coefficient (Wildman–Crippen LogP) is 2.08. The number of hydrogen-bond acceptors (Lipinski definition) is 3. The van der Waals surface area contributed by atoms with Crippen LogP contribution in [0.1, 0.15) is 31.2 Å². The molecule has 0 spiro atoms. The zero-order valence-electron chi connectivity index (χ0n) is 9.84. The minimum absolute atomic E-state index is 0.102. The molecule has 0 aromatic heterocycles. The predicted molar refractivity (Wildman–Crippen MR) is 64.5 cm³/mol. The number of cyclic esters (lactones) is 1. The monoisotopic (exact) mass is 234 g/mol. The van der Waals surface area contributed by atoms with Crippen molar-refractivity contribution < 1.29 is 14.6 Å². The van der Waals surface area contributed by atoms with E-state index >= 15 is 0 Å². The zero-order chi connectivity index (χ0) is 12.1. The van der Waals surface area contributed by atoms with E-state index in [1.165, 1.54) is 5.56 Å². The molecule has 92 valence electrons. The molecule has 3 nitrogen and oxygen atoms in total. The van der Waals surface area contributed by atoms with Gasteiger partial charge in [0.25, 0.3) is 0 Å². The Morgan fingerprint density at radius 3 is 2.76 bits per heavy atom. The van der Waals surface area contributed by atoms with Crippen LogP contribution in [-0.2, 0) is 16.0 Å². The quantitative estimate of drug-likeness (QED) is 0.811. The summed E-state index contributed by atoms with van der Waals surface area (Å²) >= 11 is 0. The number of hydrogen-bond donors (Lipinski definition) is 1. The number of esters is 1. The highest BCUT2D eigenvalue weighted by atomic mass is 16.5. The third-order valence-electron chi connectivity index (χ3n) is 3.07. The fourth-order valence-electron chi connectivity index (χ4n) is 2.22. The van der Waals surface area contributed by atoms with Crippen molar-refractivity contribution in [3.8, 4) is 0 Å². The third-order valence-corrected chi connectivity index (χ3v) is 3.07. The Kier molecular flexibility index (Phi) is 4.15. The number of aliphatic hydroxyl groups is 1. The highest BCUT2D eigenvalue weighted by molar-refractivity contribution is 5.70. The minimum Gasteiger partial charge on any atom is -0.462 e. The molecule has 0 bridgehead atoms. The first-order valence-electron chi connectivity index (χ1n) is 6.15. The van der Waals surface area contributed by atoms with Crippen LogP contribution in [0.5, 0.6) is 0 Å². The van der Waals surface area contributed by atoms with Gasteiger partial charge in [0, 0.05) is 6.42 Å². The molecule has 1 aromatic rings. The second-order valence-electron chi connectivity index (χ2n) is 4.58. The summed E-state index contributed by atoms with van der Waals surface area (Å²) in [7, 11) is 0. The first-order valence-corrected chi connectivity index (χ1v) is 6.15. The maximum absolute atomic E-state index is 11.1. The van der Waals surface area contributed by atoms with Crippen LogP contribution in [0.4, 0.5) is 0 Å². The summed E-state index contributed by atoms with van der Waals surface area (Å²) in [6.07, 6.45) is 2.92. The molecule has 1 fully saturated rings. The number of aliphatic hydroxyl groups excluding tert-OH is 1. The molecule has 1 aliphatic heterocycles. The summed E-state index contributed by atoms with van der Waals surface area (Å²) in [5.74, 6) is -0.270. The van der Waals surface area contributed by atoms with Crippen LogP contribution in [0, 0.1) is 0 Å². The van der Waals surface area contributed by atoms with Crippen molar-refractivity contribution in [3.05, 3.63) is 35.9 Å². The maximum atomic E-state index is 11.1. The molecule has 0 unspecified atom stereocenters. The standard InChI is InChI=1S/C14H18O3/c15-12-9-13(17-14(16)10-12)8-4-7-11-5-2-1-3-6-11/h1-3,5-6,12-13,15H,4,7-10H2/t12-,13-/m0/s1. The van der Waals surface area contributed by atoms with Gasteiger partial charge in [-0.3, -0.25) is 4.79 Å². The summed E-state index contributed by atoms with van der Waals surface area (Å²) in [5, 5.41) is 9.47. The number of carbonyl (C=O) groups is 1. The molecule has 0 saturated carbocycles. The number of carbonyl (C=O) groups excluding carboxylic acids is 1. The molecule has 1 saturated heterocycles. The molecular formula is C14H18O3. The molecule has 1 aromatic carbocycles. The van der Waals surface area contributed by atoms with E-state index in [-0.39, 0.29) is 18.5 Å². The van der Waals surface area contributed by atoms with Crippen LogP contribution >= 0.6 is 0 Å². The Morgan fingerprint density at radius 1 is 1.29 bits per heavy atom. The van der Waals surface area contributed by atoms with E-state index in [4.69, 9.17) is 4.74 Å². The molecule has 0 radical (unpaired) electrons. The first kappa shape index (κ1) is 12.1. The van der Waals surface area contributed by atoms with Gasteiger partial charge in [-0.25, -0.2) is 0 Å². The van der Waals surface area contributed by atoms with Gasteiger partial charge in [0.15, 0.2) is 0 Å². The lowest BCUT2D eigenvalue weighted by atomic mass is 9.99. The first-order chi connectivity index (χ1) is 8.24. The van der Waals surface area contributed by atoms with E-state index in [2.05, 4.69) is 12.1 Å². The molecule has 2 rings (SSSR count). The normalized spacial score (nSPS) is 24.4. The third kappa shape index (κ3) is 3.86. The van der Waals surface area contributed by atoms with Crippen molar-refractivity contribution in [2.75, 3.05) is 0 Å². The van der Waals surface area contributed by atoms with Crippen molar-refractivity contribution in [1.29, 1.82) is 0 Å². The Labute approximate surface area is 101 Å². The van der Waals surface area contributed by atoms with Crippen LogP contribution in [-0.4, -0.2) is 23.3 Å². The zero-order valence-corrected chi connectivity index (χ0v) is 9.84. The van der Waals surface area contributed by atoms with Crippen molar-refractivity contribution in [2.45, 2.75) is 44.3 Å². The molecular weight excluding hydrogens is 216 g/mol. The van der Waals surface area contributed by atoms with Crippen LogP contribution in [0.3, 0.4) is 0 Å². The highest BCUT2D eigenvalue weighted by Crippen LogP contribution is 2.19. The Morgan fingerprint density at radius 2 is 2.06 bits per heavy atom. The van der Waals surface area contributed by atoms with Gasteiger partial charge in [-0.1, -0.05) is 30.3 Å². The molecule has 0 aliphatic carbocycles.